The fourth-order valence-corrected chi connectivity index (χ4v) is 2.25. The van der Waals surface area contributed by atoms with E-state index in [4.69, 9.17) is 4.74 Å². The van der Waals surface area contributed by atoms with Gasteiger partial charge in [0.1, 0.15) is 5.75 Å². The molecule has 0 aliphatic rings. The average Bonchev–Trinajstić information content (AvgIpc) is 2.49. The summed E-state index contributed by atoms with van der Waals surface area (Å²) in [5.74, 6) is -0.126. The minimum atomic E-state index is -4.54. The van der Waals surface area contributed by atoms with Gasteiger partial charge < -0.3 is 10.1 Å². The fourth-order valence-electron chi connectivity index (χ4n) is 2.25. The highest BCUT2D eigenvalue weighted by Gasteiger charge is 2.34. The number of rotatable bonds is 4. The Bertz CT molecular complexity index is 741. The first-order chi connectivity index (χ1) is 11.2. The van der Waals surface area contributed by atoms with Gasteiger partial charge in [-0.3, -0.25) is 4.79 Å². The van der Waals surface area contributed by atoms with Crippen molar-refractivity contribution in [1.29, 1.82) is 0 Å². The van der Waals surface area contributed by atoms with Gasteiger partial charge in [0, 0.05) is 0 Å². The Labute approximate surface area is 138 Å². The molecule has 0 spiro atoms. The number of nitrogens with one attached hydrogen (secondary N) is 1. The smallest absolute Gasteiger partial charge is 0.418 e. The molecule has 0 saturated heterocycles. The quantitative estimate of drug-likeness (QED) is 0.876. The predicted octanol–water partition coefficient (Wildman–Crippen LogP) is 4.73. The molecule has 0 aliphatic carbocycles. The molecule has 0 aromatic heterocycles. The normalized spacial score (nSPS) is 12.6. The zero-order valence-electron chi connectivity index (χ0n) is 13.6. The monoisotopic (exact) mass is 337 g/mol. The molecule has 1 N–H and O–H groups in total. The number of hydrogen-bond acceptors (Lipinski definition) is 2. The Kier molecular flexibility index (Phi) is 5.17. The second-order valence-corrected chi connectivity index (χ2v) is 5.56. The second-order valence-electron chi connectivity index (χ2n) is 5.56. The van der Waals surface area contributed by atoms with Crippen LogP contribution in [0, 0.1) is 13.8 Å². The molecule has 0 radical (unpaired) electrons. The van der Waals surface area contributed by atoms with Crippen LogP contribution in [0.4, 0.5) is 18.9 Å². The fraction of sp³-hybridized carbons (Fsp3) is 0.278. The number of carbonyl (C=O) groups is 1. The van der Waals surface area contributed by atoms with E-state index in [1.165, 1.54) is 25.1 Å². The van der Waals surface area contributed by atoms with E-state index in [9.17, 15) is 18.0 Å². The molecule has 6 heteroatoms. The standard InChI is InChI=1S/C18H18F3NO2/c1-11-8-9-16(12(2)10-11)24-13(3)17(23)22-15-7-5-4-6-14(15)18(19,20)21/h4-10,13H,1-3H3,(H,22,23)/t13-/m1/s1. The van der Waals surface area contributed by atoms with E-state index < -0.39 is 23.8 Å². The van der Waals surface area contributed by atoms with Crippen LogP contribution in [0.2, 0.25) is 0 Å². The molecular formula is C18H18F3NO2. The number of alkyl halides is 3. The molecular weight excluding hydrogens is 319 g/mol. The summed E-state index contributed by atoms with van der Waals surface area (Å²) >= 11 is 0. The van der Waals surface area contributed by atoms with Crippen molar-refractivity contribution in [2.24, 2.45) is 0 Å². The lowest BCUT2D eigenvalue weighted by Crippen LogP contribution is -2.31. The van der Waals surface area contributed by atoms with Crippen molar-refractivity contribution in [1.82, 2.24) is 0 Å². The topological polar surface area (TPSA) is 38.3 Å². The molecule has 0 saturated carbocycles. The summed E-state index contributed by atoms with van der Waals surface area (Å²) in [6.07, 6.45) is -5.48. The number of carbonyl (C=O) groups excluding carboxylic acids is 1. The number of anilines is 1. The number of aryl methyl sites for hydroxylation is 2. The van der Waals surface area contributed by atoms with Crippen LogP contribution in [-0.2, 0) is 11.0 Å². The molecule has 0 fully saturated rings. The summed E-state index contributed by atoms with van der Waals surface area (Å²) < 4.78 is 44.4. The maximum absolute atomic E-state index is 13.0. The largest absolute Gasteiger partial charge is 0.481 e. The number of ether oxygens (including phenoxy) is 1. The zero-order chi connectivity index (χ0) is 17.9. The number of benzene rings is 2. The SMILES string of the molecule is Cc1ccc(O[C@H](C)C(=O)Nc2ccccc2C(F)(F)F)c(C)c1. The van der Waals surface area contributed by atoms with Gasteiger partial charge in [0.05, 0.1) is 11.3 Å². The van der Waals surface area contributed by atoms with E-state index in [0.29, 0.717) is 5.75 Å². The van der Waals surface area contributed by atoms with Gasteiger partial charge >= 0.3 is 6.18 Å². The van der Waals surface area contributed by atoms with Crippen molar-refractivity contribution in [2.45, 2.75) is 33.1 Å². The van der Waals surface area contributed by atoms with Gasteiger partial charge in [0.2, 0.25) is 0 Å². The number of para-hydroxylation sites is 1. The Balaban J connectivity index is 2.13. The zero-order valence-corrected chi connectivity index (χ0v) is 13.6. The van der Waals surface area contributed by atoms with E-state index in [2.05, 4.69) is 5.32 Å². The molecule has 0 heterocycles. The molecule has 2 aromatic carbocycles. The van der Waals surface area contributed by atoms with Crippen molar-refractivity contribution < 1.29 is 22.7 Å². The van der Waals surface area contributed by atoms with Crippen LogP contribution in [0.3, 0.4) is 0 Å². The van der Waals surface area contributed by atoms with E-state index >= 15 is 0 Å². The van der Waals surface area contributed by atoms with Crippen molar-refractivity contribution in [3.05, 3.63) is 59.2 Å². The van der Waals surface area contributed by atoms with Crippen LogP contribution < -0.4 is 10.1 Å². The van der Waals surface area contributed by atoms with Crippen molar-refractivity contribution >= 4 is 11.6 Å². The van der Waals surface area contributed by atoms with Gasteiger partial charge in [0.25, 0.3) is 5.91 Å². The third-order valence-electron chi connectivity index (χ3n) is 3.49. The third-order valence-corrected chi connectivity index (χ3v) is 3.49. The summed E-state index contributed by atoms with van der Waals surface area (Å²) in [5, 5.41) is 2.28. The van der Waals surface area contributed by atoms with Crippen LogP contribution in [-0.4, -0.2) is 12.0 Å². The minimum absolute atomic E-state index is 0.286. The van der Waals surface area contributed by atoms with Gasteiger partial charge in [-0.15, -0.1) is 0 Å². The van der Waals surface area contributed by atoms with Crippen molar-refractivity contribution in [3.8, 4) is 5.75 Å². The maximum atomic E-state index is 13.0. The summed E-state index contributed by atoms with van der Waals surface area (Å²) in [7, 11) is 0. The van der Waals surface area contributed by atoms with Crippen LogP contribution >= 0.6 is 0 Å². The molecule has 0 unspecified atom stereocenters. The van der Waals surface area contributed by atoms with E-state index in [-0.39, 0.29) is 5.69 Å². The molecule has 0 bridgehead atoms. The summed E-state index contributed by atoms with van der Waals surface area (Å²) in [4.78, 5) is 12.2. The second kappa shape index (κ2) is 6.95. The average molecular weight is 337 g/mol. The van der Waals surface area contributed by atoms with Crippen molar-refractivity contribution in [3.63, 3.8) is 0 Å². The Morgan fingerprint density at radius 1 is 1.12 bits per heavy atom. The van der Waals surface area contributed by atoms with Gasteiger partial charge in [-0.1, -0.05) is 29.8 Å². The minimum Gasteiger partial charge on any atom is -0.481 e. The summed E-state index contributed by atoms with van der Waals surface area (Å²) in [5.41, 5.74) is 0.726. The highest BCUT2D eigenvalue weighted by Crippen LogP contribution is 2.34. The first-order valence-corrected chi connectivity index (χ1v) is 7.39. The van der Waals surface area contributed by atoms with Crippen LogP contribution in [0.25, 0.3) is 0 Å². The molecule has 1 atom stereocenters. The van der Waals surface area contributed by atoms with Crippen molar-refractivity contribution in [2.75, 3.05) is 5.32 Å². The highest BCUT2D eigenvalue weighted by atomic mass is 19.4. The van der Waals surface area contributed by atoms with Gasteiger partial charge in [-0.05, 0) is 44.5 Å². The molecule has 2 aromatic rings. The van der Waals surface area contributed by atoms with E-state index in [0.717, 1.165) is 17.2 Å². The highest BCUT2D eigenvalue weighted by molar-refractivity contribution is 5.94. The Hall–Kier alpha value is -2.50. The maximum Gasteiger partial charge on any atom is 0.418 e. The van der Waals surface area contributed by atoms with Gasteiger partial charge in [-0.2, -0.15) is 13.2 Å². The predicted molar refractivity (Wildman–Crippen MR) is 86.1 cm³/mol. The summed E-state index contributed by atoms with van der Waals surface area (Å²) in [6, 6.07) is 10.3. The molecule has 3 nitrogen and oxygen atoms in total. The number of amides is 1. The Morgan fingerprint density at radius 2 is 1.79 bits per heavy atom. The number of halogens is 3. The lowest BCUT2D eigenvalue weighted by Gasteiger charge is -2.18. The molecule has 24 heavy (non-hydrogen) atoms. The lowest BCUT2D eigenvalue weighted by atomic mass is 10.1. The van der Waals surface area contributed by atoms with Crippen LogP contribution in [0.15, 0.2) is 42.5 Å². The van der Waals surface area contributed by atoms with Gasteiger partial charge in [-0.25, -0.2) is 0 Å². The Morgan fingerprint density at radius 3 is 2.42 bits per heavy atom. The molecule has 1 amide bonds. The van der Waals surface area contributed by atoms with E-state index in [1.54, 1.807) is 6.07 Å². The van der Waals surface area contributed by atoms with E-state index in [1.807, 2.05) is 26.0 Å². The number of hydrogen-bond donors (Lipinski definition) is 1. The molecule has 0 aliphatic heterocycles. The summed E-state index contributed by atoms with van der Waals surface area (Å²) in [6.45, 7) is 5.26. The van der Waals surface area contributed by atoms with Crippen LogP contribution in [0.5, 0.6) is 5.75 Å². The molecule has 2 rings (SSSR count). The first kappa shape index (κ1) is 17.8. The molecule has 128 valence electrons. The third kappa shape index (κ3) is 4.28. The van der Waals surface area contributed by atoms with Gasteiger partial charge in [0.15, 0.2) is 6.10 Å². The first-order valence-electron chi connectivity index (χ1n) is 7.39. The van der Waals surface area contributed by atoms with Crippen LogP contribution in [0.1, 0.15) is 23.6 Å². The lowest BCUT2D eigenvalue weighted by molar-refractivity contribution is -0.137.